The Bertz CT molecular complexity index is 335. The van der Waals surface area contributed by atoms with E-state index in [1.807, 2.05) is 6.92 Å². The van der Waals surface area contributed by atoms with Gasteiger partial charge >= 0.3 is 0 Å². The minimum absolute atomic E-state index is 0.0236. The number of carbonyl (C=O) groups excluding carboxylic acids is 1. The first kappa shape index (κ1) is 17.2. The zero-order valence-corrected chi connectivity index (χ0v) is 13.1. The SMILES string of the molecule is CCC(CC(C)(C)F)/C(O)=C/C(=O)CCC1CCCC1. The van der Waals surface area contributed by atoms with Gasteiger partial charge in [0, 0.05) is 18.4 Å². The number of hydrogen-bond acceptors (Lipinski definition) is 2. The zero-order valence-electron chi connectivity index (χ0n) is 13.1. The minimum atomic E-state index is -1.32. The van der Waals surface area contributed by atoms with Crippen molar-refractivity contribution in [3.8, 4) is 0 Å². The molecule has 0 saturated heterocycles. The van der Waals surface area contributed by atoms with Crippen molar-refractivity contribution in [1.82, 2.24) is 0 Å². The molecule has 0 aliphatic heterocycles. The van der Waals surface area contributed by atoms with Gasteiger partial charge in [-0.1, -0.05) is 32.6 Å². The Kier molecular flexibility index (Phi) is 6.70. The number of aliphatic hydroxyl groups is 1. The average Bonchev–Trinajstić information content (AvgIpc) is 2.85. The molecule has 1 unspecified atom stereocenters. The number of halogens is 1. The molecule has 0 aromatic carbocycles. The molecular formula is C17H29FO2. The van der Waals surface area contributed by atoms with Gasteiger partial charge in [-0.05, 0) is 39.0 Å². The van der Waals surface area contributed by atoms with E-state index in [4.69, 9.17) is 0 Å². The maximum Gasteiger partial charge on any atom is 0.159 e. The van der Waals surface area contributed by atoms with Crippen LogP contribution in [-0.2, 0) is 4.79 Å². The third kappa shape index (κ3) is 6.53. The lowest BCUT2D eigenvalue weighted by Gasteiger charge is -2.21. The second-order valence-electron chi connectivity index (χ2n) is 6.75. The molecule has 1 atom stereocenters. The summed E-state index contributed by atoms with van der Waals surface area (Å²) in [5, 5.41) is 10.0. The summed E-state index contributed by atoms with van der Waals surface area (Å²) in [6, 6.07) is 0. The van der Waals surface area contributed by atoms with Crippen LogP contribution in [0.15, 0.2) is 11.8 Å². The monoisotopic (exact) mass is 284 g/mol. The second-order valence-corrected chi connectivity index (χ2v) is 6.75. The van der Waals surface area contributed by atoms with Gasteiger partial charge in [0.25, 0.3) is 0 Å². The molecule has 1 N–H and O–H groups in total. The molecule has 116 valence electrons. The van der Waals surface area contributed by atoms with Crippen molar-refractivity contribution in [3.05, 3.63) is 11.8 Å². The third-order valence-electron chi connectivity index (χ3n) is 4.23. The Morgan fingerprint density at radius 1 is 1.40 bits per heavy atom. The van der Waals surface area contributed by atoms with Gasteiger partial charge < -0.3 is 5.11 Å². The zero-order chi connectivity index (χ0) is 15.2. The molecule has 3 heteroatoms. The van der Waals surface area contributed by atoms with Gasteiger partial charge in [-0.3, -0.25) is 4.79 Å². The van der Waals surface area contributed by atoms with Gasteiger partial charge in [-0.2, -0.15) is 0 Å². The molecule has 1 rings (SSSR count). The number of carbonyl (C=O) groups is 1. The summed E-state index contributed by atoms with van der Waals surface area (Å²) in [4.78, 5) is 11.9. The van der Waals surface area contributed by atoms with E-state index in [9.17, 15) is 14.3 Å². The Labute approximate surface area is 122 Å². The Balaban J connectivity index is 2.45. The molecule has 0 amide bonds. The van der Waals surface area contributed by atoms with Crippen LogP contribution < -0.4 is 0 Å². The summed E-state index contributed by atoms with van der Waals surface area (Å²) < 4.78 is 13.7. The normalized spacial score (nSPS) is 19.3. The van der Waals surface area contributed by atoms with Crippen molar-refractivity contribution < 1.29 is 14.3 Å². The van der Waals surface area contributed by atoms with Crippen molar-refractivity contribution in [2.75, 3.05) is 0 Å². The quantitative estimate of drug-likeness (QED) is 0.495. The van der Waals surface area contributed by atoms with Crippen LogP contribution in [0.2, 0.25) is 0 Å². The maximum atomic E-state index is 13.7. The van der Waals surface area contributed by atoms with Crippen molar-refractivity contribution in [3.63, 3.8) is 0 Å². The Hall–Kier alpha value is -0.860. The largest absolute Gasteiger partial charge is 0.512 e. The number of alkyl halides is 1. The van der Waals surface area contributed by atoms with E-state index >= 15 is 0 Å². The molecule has 1 fully saturated rings. The molecule has 0 spiro atoms. The molecule has 1 aliphatic carbocycles. The number of ketones is 1. The second kappa shape index (κ2) is 7.80. The van der Waals surface area contributed by atoms with Gasteiger partial charge in [0.05, 0.1) is 5.76 Å². The highest BCUT2D eigenvalue weighted by molar-refractivity contribution is 5.90. The summed E-state index contributed by atoms with van der Waals surface area (Å²) >= 11 is 0. The van der Waals surface area contributed by atoms with Crippen molar-refractivity contribution in [1.29, 1.82) is 0 Å². The first-order valence-electron chi connectivity index (χ1n) is 7.94. The van der Waals surface area contributed by atoms with E-state index in [0.717, 1.165) is 6.42 Å². The molecular weight excluding hydrogens is 255 g/mol. The molecule has 0 bridgehead atoms. The van der Waals surface area contributed by atoms with E-state index in [1.54, 1.807) is 0 Å². The first-order valence-corrected chi connectivity index (χ1v) is 7.94. The number of hydrogen-bond donors (Lipinski definition) is 1. The predicted octanol–water partition coefficient (Wildman–Crippen LogP) is 5.13. The van der Waals surface area contributed by atoms with E-state index in [0.29, 0.717) is 18.8 Å². The van der Waals surface area contributed by atoms with E-state index < -0.39 is 5.67 Å². The van der Waals surface area contributed by atoms with Crippen LogP contribution in [0.25, 0.3) is 0 Å². The van der Waals surface area contributed by atoms with E-state index in [1.165, 1.54) is 45.6 Å². The summed E-state index contributed by atoms with van der Waals surface area (Å²) in [7, 11) is 0. The van der Waals surface area contributed by atoms with Gasteiger partial charge in [0.1, 0.15) is 5.67 Å². The highest BCUT2D eigenvalue weighted by Crippen LogP contribution is 2.29. The average molecular weight is 284 g/mol. The molecule has 20 heavy (non-hydrogen) atoms. The van der Waals surface area contributed by atoms with Crippen LogP contribution in [-0.4, -0.2) is 16.6 Å². The van der Waals surface area contributed by atoms with Gasteiger partial charge in [-0.15, -0.1) is 0 Å². The fourth-order valence-corrected chi connectivity index (χ4v) is 3.04. The van der Waals surface area contributed by atoms with Crippen LogP contribution >= 0.6 is 0 Å². The smallest absolute Gasteiger partial charge is 0.159 e. The molecule has 1 saturated carbocycles. The van der Waals surface area contributed by atoms with E-state index in [2.05, 4.69) is 0 Å². The van der Waals surface area contributed by atoms with Crippen molar-refractivity contribution in [2.24, 2.45) is 11.8 Å². The fraction of sp³-hybridized carbons (Fsp3) is 0.824. The lowest BCUT2D eigenvalue weighted by atomic mass is 9.90. The molecule has 0 heterocycles. The van der Waals surface area contributed by atoms with Crippen molar-refractivity contribution in [2.45, 2.75) is 77.8 Å². The minimum Gasteiger partial charge on any atom is -0.512 e. The molecule has 0 aromatic rings. The highest BCUT2D eigenvalue weighted by atomic mass is 19.1. The highest BCUT2D eigenvalue weighted by Gasteiger charge is 2.24. The Morgan fingerprint density at radius 3 is 2.50 bits per heavy atom. The van der Waals surface area contributed by atoms with Gasteiger partial charge in [0.2, 0.25) is 0 Å². The summed E-state index contributed by atoms with van der Waals surface area (Å²) in [6.45, 7) is 4.92. The van der Waals surface area contributed by atoms with Crippen LogP contribution in [0.1, 0.15) is 72.1 Å². The van der Waals surface area contributed by atoms with Crippen molar-refractivity contribution >= 4 is 5.78 Å². The van der Waals surface area contributed by atoms with Crippen LogP contribution in [0, 0.1) is 11.8 Å². The van der Waals surface area contributed by atoms with Crippen LogP contribution in [0.5, 0.6) is 0 Å². The summed E-state index contributed by atoms with van der Waals surface area (Å²) in [5.41, 5.74) is -1.32. The van der Waals surface area contributed by atoms with Crippen LogP contribution in [0.3, 0.4) is 0 Å². The van der Waals surface area contributed by atoms with Gasteiger partial charge in [0.15, 0.2) is 5.78 Å². The lowest BCUT2D eigenvalue weighted by Crippen LogP contribution is -2.19. The molecule has 0 radical (unpaired) electrons. The third-order valence-corrected chi connectivity index (χ3v) is 4.23. The molecule has 1 aliphatic rings. The number of aliphatic hydroxyl groups excluding tert-OH is 1. The van der Waals surface area contributed by atoms with Crippen LogP contribution in [0.4, 0.5) is 4.39 Å². The summed E-state index contributed by atoms with van der Waals surface area (Å²) in [6.07, 6.45) is 8.68. The Morgan fingerprint density at radius 2 is 2.00 bits per heavy atom. The standard InChI is InChI=1S/C17H29FO2/c1-4-14(12-17(2,3)18)16(20)11-15(19)10-9-13-7-5-6-8-13/h11,13-14,20H,4-10,12H2,1-3H3/b16-11-. The number of rotatable bonds is 8. The molecule has 0 aromatic heterocycles. The van der Waals surface area contributed by atoms with E-state index in [-0.39, 0.29) is 23.9 Å². The fourth-order valence-electron chi connectivity index (χ4n) is 3.04. The lowest BCUT2D eigenvalue weighted by molar-refractivity contribution is -0.115. The number of allylic oxidation sites excluding steroid dienone is 2. The summed E-state index contributed by atoms with van der Waals surface area (Å²) in [5.74, 6) is 0.450. The van der Waals surface area contributed by atoms with Gasteiger partial charge in [-0.25, -0.2) is 4.39 Å². The maximum absolute atomic E-state index is 13.7. The topological polar surface area (TPSA) is 37.3 Å². The molecule has 2 nitrogen and oxygen atoms in total. The first-order chi connectivity index (χ1) is 9.31. The predicted molar refractivity (Wildman–Crippen MR) is 80.5 cm³/mol.